The van der Waals surface area contributed by atoms with Crippen LogP contribution in [0.1, 0.15) is 19.3 Å². The van der Waals surface area contributed by atoms with Gasteiger partial charge in [-0.1, -0.05) is 17.7 Å². The van der Waals surface area contributed by atoms with Crippen molar-refractivity contribution >= 4 is 34.2 Å². The Morgan fingerprint density at radius 1 is 1.38 bits per heavy atom. The Kier molecular flexibility index (Phi) is 4.65. The van der Waals surface area contributed by atoms with Crippen molar-refractivity contribution in [2.24, 2.45) is 0 Å². The van der Waals surface area contributed by atoms with E-state index in [2.05, 4.69) is 4.98 Å². The summed E-state index contributed by atoms with van der Waals surface area (Å²) in [6.45, 7) is 1.23. The number of halogens is 1. The largest absolute Gasteiger partial charge is 0.388 e. The number of nitrogens with zero attached hydrogens (tertiary/aromatic N) is 3. The monoisotopic (exact) mass is 347 g/mol. The van der Waals surface area contributed by atoms with Gasteiger partial charge < -0.3 is 14.9 Å². The third-order valence-corrected chi connectivity index (χ3v) is 4.73. The zero-order chi connectivity index (χ0) is 17.3. The highest BCUT2D eigenvalue weighted by molar-refractivity contribution is 6.31. The first-order valence-corrected chi connectivity index (χ1v) is 8.48. The van der Waals surface area contributed by atoms with Crippen molar-refractivity contribution < 1.29 is 9.90 Å². The number of anilines is 1. The SMILES string of the molecule is CN(C)C(=O)CC1(O)CCCN(c2ccc3ccc(Cl)cc3n2)C1. The van der Waals surface area contributed by atoms with Crippen molar-refractivity contribution in [3.05, 3.63) is 35.4 Å². The van der Waals surface area contributed by atoms with E-state index in [4.69, 9.17) is 11.6 Å². The normalized spacial score (nSPS) is 21.1. The lowest BCUT2D eigenvalue weighted by Gasteiger charge is -2.40. The maximum absolute atomic E-state index is 12.0. The van der Waals surface area contributed by atoms with E-state index in [9.17, 15) is 9.90 Å². The van der Waals surface area contributed by atoms with E-state index in [1.165, 1.54) is 4.90 Å². The number of benzene rings is 1. The van der Waals surface area contributed by atoms with E-state index in [0.29, 0.717) is 18.0 Å². The molecule has 128 valence electrons. The highest BCUT2D eigenvalue weighted by Gasteiger charge is 2.36. The number of piperidine rings is 1. The molecule has 0 aliphatic carbocycles. The molecule has 0 radical (unpaired) electrons. The van der Waals surface area contributed by atoms with E-state index in [1.54, 1.807) is 14.1 Å². The number of aromatic nitrogens is 1. The lowest BCUT2D eigenvalue weighted by Crippen LogP contribution is -2.50. The molecule has 1 unspecified atom stereocenters. The number of β-amino-alcohol motifs (C(OH)–C–C–N with tert-alkyl or cyclic N) is 1. The Labute approximate surface area is 146 Å². The fraction of sp³-hybridized carbons (Fsp3) is 0.444. The molecule has 1 aliphatic heterocycles. The molecule has 2 aromatic rings. The van der Waals surface area contributed by atoms with E-state index < -0.39 is 5.60 Å². The van der Waals surface area contributed by atoms with Gasteiger partial charge >= 0.3 is 0 Å². The van der Waals surface area contributed by atoms with Crippen molar-refractivity contribution in [2.45, 2.75) is 24.9 Å². The van der Waals surface area contributed by atoms with E-state index in [1.807, 2.05) is 35.2 Å². The van der Waals surface area contributed by atoms with Gasteiger partial charge in [0.05, 0.1) is 17.5 Å². The molecule has 1 N–H and O–H groups in total. The molecule has 1 amide bonds. The summed E-state index contributed by atoms with van der Waals surface area (Å²) < 4.78 is 0. The molecule has 5 nitrogen and oxygen atoms in total. The maximum atomic E-state index is 12.0. The van der Waals surface area contributed by atoms with Crippen LogP contribution in [0, 0.1) is 0 Å². The summed E-state index contributed by atoms with van der Waals surface area (Å²) in [5.74, 6) is 0.748. The topological polar surface area (TPSA) is 56.7 Å². The number of pyridine rings is 1. The van der Waals surface area contributed by atoms with Gasteiger partial charge in [-0.05, 0) is 37.1 Å². The highest BCUT2D eigenvalue weighted by atomic mass is 35.5. The zero-order valence-electron chi connectivity index (χ0n) is 14.0. The van der Waals surface area contributed by atoms with Crippen LogP contribution in [-0.2, 0) is 4.79 Å². The minimum Gasteiger partial charge on any atom is -0.388 e. The third-order valence-electron chi connectivity index (χ3n) is 4.50. The molecule has 0 spiro atoms. The molecular formula is C18H22ClN3O2. The number of hydrogen-bond donors (Lipinski definition) is 1. The number of amides is 1. The molecule has 1 fully saturated rings. The van der Waals surface area contributed by atoms with Crippen molar-refractivity contribution in [2.75, 3.05) is 32.1 Å². The number of aliphatic hydroxyl groups is 1. The van der Waals surface area contributed by atoms with Gasteiger partial charge in [-0.3, -0.25) is 4.79 Å². The van der Waals surface area contributed by atoms with Crippen LogP contribution in [0.5, 0.6) is 0 Å². The number of fused-ring (bicyclic) bond motifs is 1. The zero-order valence-corrected chi connectivity index (χ0v) is 14.8. The van der Waals surface area contributed by atoms with Crippen LogP contribution >= 0.6 is 11.6 Å². The molecule has 3 rings (SSSR count). The van der Waals surface area contributed by atoms with Crippen molar-refractivity contribution in [3.8, 4) is 0 Å². The Bertz CT molecular complexity index is 765. The molecule has 1 atom stereocenters. The Hall–Kier alpha value is -1.85. The first kappa shape index (κ1) is 17.0. The molecule has 0 saturated carbocycles. The van der Waals surface area contributed by atoms with Gasteiger partial charge in [0.2, 0.25) is 5.91 Å². The molecule has 1 aliphatic rings. The Morgan fingerprint density at radius 2 is 2.12 bits per heavy atom. The fourth-order valence-electron chi connectivity index (χ4n) is 3.15. The van der Waals surface area contributed by atoms with Crippen LogP contribution in [0.2, 0.25) is 5.02 Å². The summed E-state index contributed by atoms with van der Waals surface area (Å²) in [5, 5.41) is 12.5. The quantitative estimate of drug-likeness (QED) is 0.927. The van der Waals surface area contributed by atoms with Gasteiger partial charge in [-0.2, -0.15) is 0 Å². The second kappa shape index (κ2) is 6.57. The summed E-state index contributed by atoms with van der Waals surface area (Å²) in [4.78, 5) is 20.2. The van der Waals surface area contributed by atoms with E-state index in [0.717, 1.165) is 29.7 Å². The molecule has 6 heteroatoms. The fourth-order valence-corrected chi connectivity index (χ4v) is 3.31. The predicted octanol–water partition coefficient (Wildman–Crippen LogP) is 2.70. The van der Waals surface area contributed by atoms with Crippen LogP contribution in [-0.4, -0.2) is 53.7 Å². The molecule has 1 aromatic heterocycles. The number of hydrogen-bond acceptors (Lipinski definition) is 4. The number of carbonyl (C=O) groups is 1. The van der Waals surface area contributed by atoms with Gasteiger partial charge in [0.15, 0.2) is 0 Å². The lowest BCUT2D eigenvalue weighted by molar-refractivity contribution is -0.134. The lowest BCUT2D eigenvalue weighted by atomic mass is 9.89. The van der Waals surface area contributed by atoms with E-state index in [-0.39, 0.29) is 12.3 Å². The maximum Gasteiger partial charge on any atom is 0.225 e. The van der Waals surface area contributed by atoms with Crippen LogP contribution in [0.4, 0.5) is 5.82 Å². The van der Waals surface area contributed by atoms with Crippen LogP contribution < -0.4 is 4.90 Å². The molecule has 1 aromatic carbocycles. The van der Waals surface area contributed by atoms with Gasteiger partial charge in [0, 0.05) is 37.6 Å². The molecule has 0 bridgehead atoms. The van der Waals surface area contributed by atoms with Gasteiger partial charge in [0.25, 0.3) is 0 Å². The van der Waals surface area contributed by atoms with Crippen molar-refractivity contribution in [1.29, 1.82) is 0 Å². The summed E-state index contributed by atoms with van der Waals surface area (Å²) in [7, 11) is 3.42. The Balaban J connectivity index is 1.82. The molecule has 2 heterocycles. The van der Waals surface area contributed by atoms with Crippen LogP contribution in [0.15, 0.2) is 30.3 Å². The average molecular weight is 348 g/mol. The summed E-state index contributed by atoms with van der Waals surface area (Å²) >= 11 is 6.05. The van der Waals surface area contributed by atoms with Gasteiger partial charge in [0.1, 0.15) is 5.82 Å². The summed E-state index contributed by atoms with van der Waals surface area (Å²) in [5.41, 5.74) is -0.177. The van der Waals surface area contributed by atoms with Crippen LogP contribution in [0.25, 0.3) is 10.9 Å². The molecule has 1 saturated heterocycles. The Morgan fingerprint density at radius 3 is 2.88 bits per heavy atom. The number of carbonyl (C=O) groups excluding carboxylic acids is 1. The standard InChI is InChI=1S/C18H22ClN3O2/c1-21(2)17(23)11-18(24)8-3-9-22(12-18)16-7-5-13-4-6-14(19)10-15(13)20-16/h4-7,10,24H,3,8-9,11-12H2,1-2H3. The number of rotatable bonds is 3. The minimum atomic E-state index is -1.01. The van der Waals surface area contributed by atoms with Crippen molar-refractivity contribution in [3.63, 3.8) is 0 Å². The van der Waals surface area contributed by atoms with E-state index >= 15 is 0 Å². The first-order valence-electron chi connectivity index (χ1n) is 8.10. The second-order valence-corrected chi connectivity index (χ2v) is 7.16. The first-order chi connectivity index (χ1) is 11.4. The molecular weight excluding hydrogens is 326 g/mol. The highest BCUT2D eigenvalue weighted by Crippen LogP contribution is 2.29. The average Bonchev–Trinajstić information content (AvgIpc) is 2.53. The summed E-state index contributed by atoms with van der Waals surface area (Å²) in [6.07, 6.45) is 1.59. The van der Waals surface area contributed by atoms with Gasteiger partial charge in [-0.15, -0.1) is 0 Å². The second-order valence-electron chi connectivity index (χ2n) is 6.72. The van der Waals surface area contributed by atoms with Crippen molar-refractivity contribution in [1.82, 2.24) is 9.88 Å². The summed E-state index contributed by atoms with van der Waals surface area (Å²) in [6, 6.07) is 9.59. The van der Waals surface area contributed by atoms with Crippen LogP contribution in [0.3, 0.4) is 0 Å². The molecule has 24 heavy (non-hydrogen) atoms. The van der Waals surface area contributed by atoms with Gasteiger partial charge in [-0.25, -0.2) is 4.98 Å². The smallest absolute Gasteiger partial charge is 0.225 e. The minimum absolute atomic E-state index is 0.0578. The third kappa shape index (κ3) is 3.62. The predicted molar refractivity (Wildman–Crippen MR) is 96.5 cm³/mol.